The van der Waals surface area contributed by atoms with Crippen LogP contribution in [0.15, 0.2) is 0 Å². The largest absolute Gasteiger partial charge is 0.308 e. The van der Waals surface area contributed by atoms with Crippen molar-refractivity contribution < 1.29 is 0 Å². The van der Waals surface area contributed by atoms with Crippen LogP contribution < -0.4 is 0 Å². The van der Waals surface area contributed by atoms with Gasteiger partial charge in [-0.3, -0.25) is 0 Å². The van der Waals surface area contributed by atoms with Crippen molar-refractivity contribution in [2.24, 2.45) is 0 Å². The van der Waals surface area contributed by atoms with E-state index in [1.807, 2.05) is 18.8 Å². The average molecular weight is 183 g/mol. The van der Waals surface area contributed by atoms with Gasteiger partial charge >= 0.3 is 0 Å². The van der Waals surface area contributed by atoms with E-state index in [4.69, 9.17) is 0 Å². The minimum Gasteiger partial charge on any atom is -0.308 e. The number of rotatable bonds is 4. The fourth-order valence-electron chi connectivity index (χ4n) is 1.08. The molecule has 5 nitrogen and oxygen atoms in total. The molecule has 0 radical (unpaired) electrons. The van der Waals surface area contributed by atoms with Gasteiger partial charge in [-0.2, -0.15) is 0 Å². The first-order chi connectivity index (χ1) is 6.11. The van der Waals surface area contributed by atoms with Gasteiger partial charge in [0, 0.05) is 12.5 Å². The third-order valence-electron chi connectivity index (χ3n) is 1.84. The van der Waals surface area contributed by atoms with Gasteiger partial charge in [-0.25, -0.2) is 4.68 Å². The van der Waals surface area contributed by atoms with E-state index in [2.05, 4.69) is 34.3 Å². The summed E-state index contributed by atoms with van der Waals surface area (Å²) in [6.45, 7) is 6.01. The lowest BCUT2D eigenvalue weighted by molar-refractivity contribution is 0.364. The van der Waals surface area contributed by atoms with Crippen LogP contribution in [-0.2, 0) is 6.54 Å². The van der Waals surface area contributed by atoms with Crippen molar-refractivity contribution in [1.82, 2.24) is 25.1 Å². The Labute approximate surface area is 78.7 Å². The van der Waals surface area contributed by atoms with Gasteiger partial charge in [-0.1, -0.05) is 13.8 Å². The maximum Gasteiger partial charge on any atom is 0.153 e. The highest BCUT2D eigenvalue weighted by Gasteiger charge is 2.09. The molecule has 0 aliphatic rings. The Morgan fingerprint density at radius 3 is 2.62 bits per heavy atom. The van der Waals surface area contributed by atoms with E-state index < -0.39 is 0 Å². The van der Waals surface area contributed by atoms with Gasteiger partial charge in [0.25, 0.3) is 0 Å². The topological polar surface area (TPSA) is 46.8 Å². The highest BCUT2D eigenvalue weighted by Crippen LogP contribution is 2.08. The first-order valence-electron chi connectivity index (χ1n) is 4.52. The molecule has 74 valence electrons. The highest BCUT2D eigenvalue weighted by molar-refractivity contribution is 4.88. The lowest BCUT2D eigenvalue weighted by Gasteiger charge is -2.10. The zero-order valence-corrected chi connectivity index (χ0v) is 8.73. The zero-order chi connectivity index (χ0) is 9.84. The molecule has 0 spiro atoms. The Bertz CT molecular complexity index is 253. The predicted molar refractivity (Wildman–Crippen MR) is 50.5 cm³/mol. The first-order valence-corrected chi connectivity index (χ1v) is 4.52. The monoisotopic (exact) mass is 183 g/mol. The second kappa shape index (κ2) is 4.32. The van der Waals surface area contributed by atoms with Crippen molar-refractivity contribution in [2.45, 2.75) is 26.3 Å². The molecule has 0 aliphatic carbocycles. The molecular formula is C8H17N5. The first kappa shape index (κ1) is 10.1. The maximum absolute atomic E-state index is 3.98. The fraction of sp³-hybridized carbons (Fsp3) is 0.875. The molecule has 5 heteroatoms. The van der Waals surface area contributed by atoms with Gasteiger partial charge in [0.05, 0.1) is 6.54 Å². The molecule has 1 aromatic heterocycles. The molecule has 0 atom stereocenters. The zero-order valence-electron chi connectivity index (χ0n) is 8.73. The molecule has 0 aromatic carbocycles. The Kier molecular flexibility index (Phi) is 3.36. The Hall–Kier alpha value is -0.970. The number of aromatic nitrogens is 4. The molecule has 0 N–H and O–H groups in total. The molecule has 0 aliphatic heterocycles. The van der Waals surface area contributed by atoms with Crippen LogP contribution in [-0.4, -0.2) is 45.7 Å². The van der Waals surface area contributed by atoms with Crippen molar-refractivity contribution >= 4 is 0 Å². The number of tetrazole rings is 1. The van der Waals surface area contributed by atoms with E-state index in [9.17, 15) is 0 Å². The van der Waals surface area contributed by atoms with E-state index in [0.29, 0.717) is 5.92 Å². The molecule has 13 heavy (non-hydrogen) atoms. The minimum atomic E-state index is 0.386. The average Bonchev–Trinajstić information content (AvgIpc) is 2.47. The third kappa shape index (κ3) is 2.77. The molecule has 0 fully saturated rings. The molecule has 0 bridgehead atoms. The van der Waals surface area contributed by atoms with Crippen molar-refractivity contribution in [3.05, 3.63) is 5.82 Å². The minimum absolute atomic E-state index is 0.386. The van der Waals surface area contributed by atoms with Crippen molar-refractivity contribution in [1.29, 1.82) is 0 Å². The van der Waals surface area contributed by atoms with Crippen LogP contribution in [0.5, 0.6) is 0 Å². The molecule has 0 unspecified atom stereocenters. The lowest BCUT2D eigenvalue weighted by Crippen LogP contribution is -2.20. The second-order valence-corrected chi connectivity index (χ2v) is 3.72. The second-order valence-electron chi connectivity index (χ2n) is 3.72. The summed E-state index contributed by atoms with van der Waals surface area (Å²) in [6.07, 6.45) is 0. The Balaban J connectivity index is 2.60. The molecule has 0 saturated heterocycles. The van der Waals surface area contributed by atoms with E-state index in [1.165, 1.54) is 0 Å². The van der Waals surface area contributed by atoms with Gasteiger partial charge in [0.1, 0.15) is 0 Å². The summed E-state index contributed by atoms with van der Waals surface area (Å²) in [5.74, 6) is 1.35. The summed E-state index contributed by atoms with van der Waals surface area (Å²) in [4.78, 5) is 2.12. The van der Waals surface area contributed by atoms with E-state index >= 15 is 0 Å². The maximum atomic E-state index is 3.98. The van der Waals surface area contributed by atoms with Crippen LogP contribution in [0.1, 0.15) is 25.6 Å². The number of hydrogen-bond donors (Lipinski definition) is 0. The van der Waals surface area contributed by atoms with Crippen LogP contribution in [0.4, 0.5) is 0 Å². The Morgan fingerprint density at radius 2 is 2.08 bits per heavy atom. The van der Waals surface area contributed by atoms with Crippen LogP contribution in [0.25, 0.3) is 0 Å². The van der Waals surface area contributed by atoms with E-state index in [1.54, 1.807) is 0 Å². The Morgan fingerprint density at radius 1 is 1.38 bits per heavy atom. The van der Waals surface area contributed by atoms with Gasteiger partial charge in [-0.15, -0.1) is 5.10 Å². The molecular weight excluding hydrogens is 166 g/mol. The molecule has 0 amide bonds. The number of hydrogen-bond acceptors (Lipinski definition) is 4. The summed E-state index contributed by atoms with van der Waals surface area (Å²) in [5, 5.41) is 11.6. The SMILES string of the molecule is CC(C)c1nnnn1CCN(C)C. The van der Waals surface area contributed by atoms with Crippen molar-refractivity contribution in [3.8, 4) is 0 Å². The lowest BCUT2D eigenvalue weighted by atomic mass is 10.2. The van der Waals surface area contributed by atoms with Gasteiger partial charge in [0.2, 0.25) is 0 Å². The van der Waals surface area contributed by atoms with Gasteiger partial charge in [-0.05, 0) is 24.5 Å². The normalized spacial score (nSPS) is 11.5. The summed E-state index contributed by atoms with van der Waals surface area (Å²) in [5.41, 5.74) is 0. The smallest absolute Gasteiger partial charge is 0.153 e. The molecule has 1 rings (SSSR count). The standard InChI is InChI=1S/C8H17N5/c1-7(2)8-9-10-11-13(8)6-5-12(3)4/h7H,5-6H2,1-4H3. The van der Waals surface area contributed by atoms with E-state index in [-0.39, 0.29) is 0 Å². The van der Waals surface area contributed by atoms with E-state index in [0.717, 1.165) is 18.9 Å². The molecule has 1 aromatic rings. The summed E-state index contributed by atoms with van der Waals surface area (Å²) in [7, 11) is 4.08. The summed E-state index contributed by atoms with van der Waals surface area (Å²) >= 11 is 0. The van der Waals surface area contributed by atoms with Crippen LogP contribution >= 0.6 is 0 Å². The van der Waals surface area contributed by atoms with Crippen molar-refractivity contribution in [3.63, 3.8) is 0 Å². The molecule has 1 heterocycles. The summed E-state index contributed by atoms with van der Waals surface area (Å²) < 4.78 is 1.87. The number of likely N-dealkylation sites (N-methyl/N-ethyl adjacent to an activating group) is 1. The predicted octanol–water partition coefficient (Wildman–Crippen LogP) is 0.358. The summed E-state index contributed by atoms with van der Waals surface area (Å²) in [6, 6.07) is 0. The van der Waals surface area contributed by atoms with Gasteiger partial charge in [0.15, 0.2) is 5.82 Å². The highest BCUT2D eigenvalue weighted by atomic mass is 15.5. The van der Waals surface area contributed by atoms with Gasteiger partial charge < -0.3 is 4.90 Å². The third-order valence-corrected chi connectivity index (χ3v) is 1.84. The molecule has 0 saturated carbocycles. The van der Waals surface area contributed by atoms with Crippen LogP contribution in [0.2, 0.25) is 0 Å². The quantitative estimate of drug-likeness (QED) is 0.676. The van der Waals surface area contributed by atoms with Crippen molar-refractivity contribution in [2.75, 3.05) is 20.6 Å². The number of nitrogens with zero attached hydrogens (tertiary/aromatic N) is 5. The van der Waals surface area contributed by atoms with Crippen LogP contribution in [0.3, 0.4) is 0 Å². The van der Waals surface area contributed by atoms with Crippen LogP contribution in [0, 0.1) is 0 Å². The fourth-order valence-corrected chi connectivity index (χ4v) is 1.08.